The average Bonchev–Trinajstić information content (AvgIpc) is 3.46. The van der Waals surface area contributed by atoms with E-state index >= 15 is 0 Å². The molecule has 1 atom stereocenters. The molecule has 36 heavy (non-hydrogen) atoms. The molecule has 2 heterocycles. The van der Waals surface area contributed by atoms with E-state index in [1.54, 1.807) is 13.3 Å². The molecule has 1 aliphatic carbocycles. The van der Waals surface area contributed by atoms with Crippen molar-refractivity contribution >= 4 is 11.8 Å². The summed E-state index contributed by atoms with van der Waals surface area (Å²) < 4.78 is 12.6. The number of carbonyl (C=O) groups excluding carboxylic acids is 2. The zero-order valence-electron chi connectivity index (χ0n) is 21.1. The number of nitrogens with one attached hydrogen (secondary N) is 2. The molecule has 0 saturated heterocycles. The SMILES string of the molecule is COc1ccc(C(NC(=O)CCc2nc(C3(NC(C)=O)CCCCCC3)no2)c2nccn2C)cc1. The Hall–Kier alpha value is -3.69. The fourth-order valence-corrected chi connectivity index (χ4v) is 4.83. The minimum absolute atomic E-state index is 0.110. The molecule has 1 fully saturated rings. The summed E-state index contributed by atoms with van der Waals surface area (Å²) in [5, 5.41) is 10.4. The van der Waals surface area contributed by atoms with Crippen LogP contribution in [-0.2, 0) is 28.6 Å². The number of carbonyl (C=O) groups is 2. The molecule has 2 N–H and O–H groups in total. The van der Waals surface area contributed by atoms with Crippen LogP contribution in [0.1, 0.15) is 81.0 Å². The lowest BCUT2D eigenvalue weighted by Crippen LogP contribution is -2.45. The maximum atomic E-state index is 13.0. The summed E-state index contributed by atoms with van der Waals surface area (Å²) in [6.45, 7) is 1.51. The van der Waals surface area contributed by atoms with E-state index < -0.39 is 11.6 Å². The first kappa shape index (κ1) is 25.4. The quantitative estimate of drug-likeness (QED) is 0.437. The summed E-state index contributed by atoms with van der Waals surface area (Å²) >= 11 is 0. The van der Waals surface area contributed by atoms with Crippen molar-refractivity contribution < 1.29 is 18.8 Å². The van der Waals surface area contributed by atoms with Crippen molar-refractivity contribution in [2.45, 2.75) is 69.9 Å². The van der Waals surface area contributed by atoms with Crippen molar-refractivity contribution in [2.24, 2.45) is 7.05 Å². The molecule has 3 aromatic rings. The molecule has 0 spiro atoms. The van der Waals surface area contributed by atoms with Crippen LogP contribution < -0.4 is 15.4 Å². The highest BCUT2D eigenvalue weighted by Crippen LogP contribution is 2.34. The van der Waals surface area contributed by atoms with Gasteiger partial charge in [-0.3, -0.25) is 9.59 Å². The number of aryl methyl sites for hydroxylation is 2. The number of imidazole rings is 1. The zero-order valence-corrected chi connectivity index (χ0v) is 21.1. The molecule has 10 nitrogen and oxygen atoms in total. The van der Waals surface area contributed by atoms with Gasteiger partial charge in [0.1, 0.15) is 23.2 Å². The number of aromatic nitrogens is 4. The van der Waals surface area contributed by atoms with Crippen LogP contribution >= 0.6 is 0 Å². The van der Waals surface area contributed by atoms with E-state index in [1.165, 1.54) is 6.92 Å². The maximum Gasteiger partial charge on any atom is 0.227 e. The van der Waals surface area contributed by atoms with Gasteiger partial charge in [-0.1, -0.05) is 43.0 Å². The predicted molar refractivity (Wildman–Crippen MR) is 132 cm³/mol. The topological polar surface area (TPSA) is 124 Å². The molecule has 2 aromatic heterocycles. The Labute approximate surface area is 210 Å². The summed E-state index contributed by atoms with van der Waals surface area (Å²) in [6, 6.07) is 7.12. The van der Waals surface area contributed by atoms with Crippen LogP contribution in [0.3, 0.4) is 0 Å². The van der Waals surface area contributed by atoms with Crippen molar-refractivity contribution in [3.05, 3.63) is 59.8 Å². The van der Waals surface area contributed by atoms with Gasteiger partial charge in [-0.15, -0.1) is 0 Å². The van der Waals surface area contributed by atoms with Gasteiger partial charge in [0, 0.05) is 39.2 Å². The monoisotopic (exact) mass is 494 g/mol. The molecule has 1 saturated carbocycles. The molecule has 0 bridgehead atoms. The highest BCUT2D eigenvalue weighted by atomic mass is 16.5. The van der Waals surface area contributed by atoms with E-state index in [9.17, 15) is 9.59 Å². The first-order valence-corrected chi connectivity index (χ1v) is 12.4. The fourth-order valence-electron chi connectivity index (χ4n) is 4.83. The van der Waals surface area contributed by atoms with Crippen LogP contribution in [0, 0.1) is 0 Å². The second kappa shape index (κ2) is 11.4. The highest BCUT2D eigenvalue weighted by Gasteiger charge is 2.38. The maximum absolute atomic E-state index is 13.0. The second-order valence-corrected chi connectivity index (χ2v) is 9.36. The van der Waals surface area contributed by atoms with Gasteiger partial charge in [0.2, 0.25) is 17.7 Å². The number of ether oxygens (including phenoxy) is 1. The number of hydrogen-bond acceptors (Lipinski definition) is 7. The summed E-state index contributed by atoms with van der Waals surface area (Å²) in [7, 11) is 3.51. The van der Waals surface area contributed by atoms with Crippen LogP contribution in [0.2, 0.25) is 0 Å². The summed E-state index contributed by atoms with van der Waals surface area (Å²) in [5.74, 6) is 2.07. The standard InChI is InChI=1S/C26H34N6O4/c1-18(33)30-26(14-6-4-5-7-15-26)25-29-22(36-31-25)13-12-21(34)28-23(24-27-16-17-32(24)2)19-8-10-20(35-3)11-9-19/h8-11,16-17,23H,4-7,12-15H2,1-3H3,(H,28,34)(H,30,33). The summed E-state index contributed by atoms with van der Waals surface area (Å²) in [4.78, 5) is 33.9. The fraction of sp³-hybridized carbons (Fsp3) is 0.500. The highest BCUT2D eigenvalue weighted by molar-refractivity contribution is 5.77. The van der Waals surface area contributed by atoms with Gasteiger partial charge in [0.15, 0.2) is 5.82 Å². The van der Waals surface area contributed by atoms with Gasteiger partial charge in [-0.05, 0) is 30.5 Å². The van der Waals surface area contributed by atoms with E-state index in [1.807, 2.05) is 42.1 Å². The van der Waals surface area contributed by atoms with Crippen LogP contribution in [0.15, 0.2) is 41.2 Å². The number of benzene rings is 1. The number of hydrogen-bond donors (Lipinski definition) is 2. The lowest BCUT2D eigenvalue weighted by molar-refractivity contribution is -0.122. The first-order chi connectivity index (χ1) is 17.4. The van der Waals surface area contributed by atoms with E-state index in [4.69, 9.17) is 9.26 Å². The third kappa shape index (κ3) is 5.92. The molecular weight excluding hydrogens is 460 g/mol. The lowest BCUT2D eigenvalue weighted by Gasteiger charge is -2.30. The van der Waals surface area contributed by atoms with Gasteiger partial charge in [-0.25, -0.2) is 4.98 Å². The molecule has 1 unspecified atom stereocenters. The van der Waals surface area contributed by atoms with Crippen molar-refractivity contribution in [2.75, 3.05) is 7.11 Å². The molecule has 1 aromatic carbocycles. The molecule has 192 valence electrons. The minimum atomic E-state index is -0.607. The van der Waals surface area contributed by atoms with Crippen molar-refractivity contribution in [3.63, 3.8) is 0 Å². The smallest absolute Gasteiger partial charge is 0.227 e. The Morgan fingerprint density at radius 3 is 2.50 bits per heavy atom. The third-order valence-electron chi connectivity index (χ3n) is 6.71. The lowest BCUT2D eigenvalue weighted by atomic mass is 9.89. The van der Waals surface area contributed by atoms with Gasteiger partial charge in [0.05, 0.1) is 7.11 Å². The number of methoxy groups -OCH3 is 1. The van der Waals surface area contributed by atoms with E-state index in [0.29, 0.717) is 18.1 Å². The Morgan fingerprint density at radius 2 is 1.89 bits per heavy atom. The second-order valence-electron chi connectivity index (χ2n) is 9.36. The van der Waals surface area contributed by atoms with E-state index in [-0.39, 0.29) is 18.2 Å². The van der Waals surface area contributed by atoms with Crippen LogP contribution in [0.5, 0.6) is 5.75 Å². The van der Waals surface area contributed by atoms with Crippen LogP contribution in [0.25, 0.3) is 0 Å². The van der Waals surface area contributed by atoms with E-state index in [0.717, 1.165) is 55.7 Å². The minimum Gasteiger partial charge on any atom is -0.497 e. The number of nitrogens with zero attached hydrogens (tertiary/aromatic N) is 4. The third-order valence-corrected chi connectivity index (χ3v) is 6.71. The molecular formula is C26H34N6O4. The van der Waals surface area contributed by atoms with Crippen molar-refractivity contribution in [1.29, 1.82) is 0 Å². The Kier molecular flexibility index (Phi) is 8.02. The van der Waals surface area contributed by atoms with Gasteiger partial charge < -0.3 is 24.5 Å². The Balaban J connectivity index is 1.45. The van der Waals surface area contributed by atoms with Gasteiger partial charge >= 0.3 is 0 Å². The molecule has 4 rings (SSSR count). The predicted octanol–water partition coefficient (Wildman–Crippen LogP) is 3.34. The molecule has 1 aliphatic rings. The first-order valence-electron chi connectivity index (χ1n) is 12.4. The van der Waals surface area contributed by atoms with Crippen molar-refractivity contribution in [1.82, 2.24) is 30.3 Å². The van der Waals surface area contributed by atoms with E-state index in [2.05, 4.69) is 25.8 Å². The number of rotatable bonds is 9. The normalized spacial score (nSPS) is 16.1. The van der Waals surface area contributed by atoms with Crippen molar-refractivity contribution in [3.8, 4) is 5.75 Å². The van der Waals surface area contributed by atoms with Gasteiger partial charge in [-0.2, -0.15) is 4.98 Å². The van der Waals surface area contributed by atoms with Gasteiger partial charge in [0.25, 0.3) is 0 Å². The summed E-state index contributed by atoms with van der Waals surface area (Å²) in [6.07, 6.45) is 9.80. The number of amides is 2. The molecule has 10 heteroatoms. The largest absolute Gasteiger partial charge is 0.497 e. The summed E-state index contributed by atoms with van der Waals surface area (Å²) in [5.41, 5.74) is 0.286. The van der Waals surface area contributed by atoms with Crippen LogP contribution in [-0.4, -0.2) is 38.6 Å². The Morgan fingerprint density at radius 1 is 1.17 bits per heavy atom. The van der Waals surface area contributed by atoms with Crippen LogP contribution in [0.4, 0.5) is 0 Å². The average molecular weight is 495 g/mol. The Bertz CT molecular complexity index is 1160. The molecule has 2 amide bonds. The molecule has 0 aliphatic heterocycles. The molecule has 0 radical (unpaired) electrons. The zero-order chi connectivity index (χ0) is 25.5.